The van der Waals surface area contributed by atoms with Crippen LogP contribution in [0.5, 0.6) is 0 Å². The molecule has 0 bridgehead atoms. The van der Waals surface area contributed by atoms with Gasteiger partial charge in [0.15, 0.2) is 0 Å². The van der Waals surface area contributed by atoms with Gasteiger partial charge in [-0.25, -0.2) is 4.98 Å². The van der Waals surface area contributed by atoms with Crippen molar-refractivity contribution < 1.29 is 0 Å². The highest BCUT2D eigenvalue weighted by atomic mass is 79.9. The highest BCUT2D eigenvalue weighted by molar-refractivity contribution is 9.09. The van der Waals surface area contributed by atoms with Crippen LogP contribution in [-0.4, -0.2) is 10.3 Å². The van der Waals surface area contributed by atoms with Gasteiger partial charge < -0.3 is 0 Å². The van der Waals surface area contributed by atoms with E-state index in [1.165, 1.54) is 41.3 Å². The molecule has 0 saturated heterocycles. The number of thiazole rings is 1. The standard InChI is InChI=1S/C14H24BrNS/c1-5-7-8-14(6-2,10-15)9-13-16-11(3)12(4)17-13/h5-10H2,1-4H3. The van der Waals surface area contributed by atoms with Crippen molar-refractivity contribution in [3.05, 3.63) is 15.6 Å². The van der Waals surface area contributed by atoms with Crippen LogP contribution in [0.1, 0.15) is 55.1 Å². The first-order valence-corrected chi connectivity index (χ1v) is 8.49. The van der Waals surface area contributed by atoms with E-state index in [0.29, 0.717) is 5.41 Å². The Balaban J connectivity index is 2.78. The van der Waals surface area contributed by atoms with Crippen molar-refractivity contribution in [2.45, 2.75) is 59.8 Å². The molecule has 3 heteroatoms. The summed E-state index contributed by atoms with van der Waals surface area (Å²) in [6.07, 6.45) is 6.28. The number of rotatable bonds is 7. The van der Waals surface area contributed by atoms with Crippen LogP contribution >= 0.6 is 27.3 Å². The number of unbranched alkanes of at least 4 members (excludes halogenated alkanes) is 1. The number of alkyl halides is 1. The molecule has 17 heavy (non-hydrogen) atoms. The molecule has 1 rings (SSSR count). The predicted octanol–water partition coefficient (Wildman–Crippen LogP) is 5.28. The average Bonchev–Trinajstić information content (AvgIpc) is 2.64. The van der Waals surface area contributed by atoms with Gasteiger partial charge in [0.1, 0.15) is 0 Å². The normalized spacial score (nSPS) is 14.9. The molecule has 1 nitrogen and oxygen atoms in total. The molecule has 98 valence electrons. The summed E-state index contributed by atoms with van der Waals surface area (Å²) in [4.78, 5) is 6.07. The molecular weight excluding hydrogens is 294 g/mol. The van der Waals surface area contributed by atoms with E-state index in [0.717, 1.165) is 11.8 Å². The molecule has 0 aliphatic heterocycles. The molecular formula is C14H24BrNS. The predicted molar refractivity (Wildman–Crippen MR) is 81.3 cm³/mol. The van der Waals surface area contributed by atoms with Crippen LogP contribution in [0.2, 0.25) is 0 Å². The molecule has 0 radical (unpaired) electrons. The van der Waals surface area contributed by atoms with E-state index >= 15 is 0 Å². The molecule has 0 spiro atoms. The van der Waals surface area contributed by atoms with Crippen LogP contribution in [0, 0.1) is 19.3 Å². The average molecular weight is 318 g/mol. The van der Waals surface area contributed by atoms with E-state index in [4.69, 9.17) is 4.98 Å². The van der Waals surface area contributed by atoms with E-state index in [9.17, 15) is 0 Å². The number of aromatic nitrogens is 1. The van der Waals surface area contributed by atoms with Crippen molar-refractivity contribution >= 4 is 27.3 Å². The van der Waals surface area contributed by atoms with E-state index in [-0.39, 0.29) is 0 Å². The molecule has 0 aliphatic carbocycles. The molecule has 0 aromatic carbocycles. The summed E-state index contributed by atoms with van der Waals surface area (Å²) in [6.45, 7) is 8.87. The van der Waals surface area contributed by atoms with Crippen LogP contribution in [-0.2, 0) is 6.42 Å². The smallest absolute Gasteiger partial charge is 0.0936 e. The van der Waals surface area contributed by atoms with E-state index < -0.39 is 0 Å². The van der Waals surface area contributed by atoms with Gasteiger partial charge in [-0.1, -0.05) is 42.6 Å². The molecule has 0 aliphatic rings. The molecule has 0 amide bonds. The summed E-state index contributed by atoms with van der Waals surface area (Å²) in [5.74, 6) is 0. The zero-order chi connectivity index (χ0) is 12.9. The van der Waals surface area contributed by atoms with Gasteiger partial charge in [-0.3, -0.25) is 0 Å². The van der Waals surface area contributed by atoms with Gasteiger partial charge in [0, 0.05) is 16.6 Å². The van der Waals surface area contributed by atoms with E-state index in [1.807, 2.05) is 11.3 Å². The lowest BCUT2D eigenvalue weighted by Gasteiger charge is -2.30. The quantitative estimate of drug-likeness (QED) is 0.623. The first-order chi connectivity index (χ1) is 8.06. The highest BCUT2D eigenvalue weighted by Gasteiger charge is 2.28. The molecule has 0 N–H and O–H groups in total. The zero-order valence-corrected chi connectivity index (χ0v) is 13.9. The Bertz CT molecular complexity index is 322. The molecule has 0 fully saturated rings. The van der Waals surface area contributed by atoms with Crippen molar-refractivity contribution in [2.24, 2.45) is 5.41 Å². The third kappa shape index (κ3) is 4.06. The Hall–Kier alpha value is 0.110. The van der Waals surface area contributed by atoms with Crippen molar-refractivity contribution in [3.63, 3.8) is 0 Å². The van der Waals surface area contributed by atoms with Crippen LogP contribution < -0.4 is 0 Å². The SMILES string of the molecule is CCCCC(CC)(CBr)Cc1nc(C)c(C)s1. The Morgan fingerprint density at radius 1 is 1.29 bits per heavy atom. The van der Waals surface area contributed by atoms with E-state index in [2.05, 4.69) is 43.6 Å². The highest BCUT2D eigenvalue weighted by Crippen LogP contribution is 2.36. The maximum atomic E-state index is 4.70. The van der Waals surface area contributed by atoms with E-state index in [1.54, 1.807) is 0 Å². The number of hydrogen-bond acceptors (Lipinski definition) is 2. The summed E-state index contributed by atoms with van der Waals surface area (Å²) in [5.41, 5.74) is 1.62. The second kappa shape index (κ2) is 6.89. The second-order valence-corrected chi connectivity index (χ2v) is 6.87. The number of aryl methyl sites for hydroxylation is 2. The summed E-state index contributed by atoms with van der Waals surface area (Å²) >= 11 is 5.60. The minimum Gasteiger partial charge on any atom is -0.246 e. The fourth-order valence-electron chi connectivity index (χ4n) is 2.09. The lowest BCUT2D eigenvalue weighted by atomic mass is 9.79. The van der Waals surface area contributed by atoms with Crippen LogP contribution in [0.25, 0.3) is 0 Å². The molecule has 0 saturated carbocycles. The molecule has 1 heterocycles. The monoisotopic (exact) mass is 317 g/mol. The third-order valence-corrected chi connectivity index (χ3v) is 5.96. The lowest BCUT2D eigenvalue weighted by Crippen LogP contribution is -2.24. The van der Waals surface area contributed by atoms with Gasteiger partial charge in [-0.2, -0.15) is 0 Å². The Labute approximate surface area is 118 Å². The third-order valence-electron chi connectivity index (χ3n) is 3.69. The van der Waals surface area contributed by atoms with Gasteiger partial charge in [-0.15, -0.1) is 11.3 Å². The summed E-state index contributed by atoms with van der Waals surface area (Å²) in [7, 11) is 0. The van der Waals surface area contributed by atoms with Crippen LogP contribution in [0.4, 0.5) is 0 Å². The largest absolute Gasteiger partial charge is 0.246 e. The lowest BCUT2D eigenvalue weighted by molar-refractivity contribution is 0.283. The van der Waals surface area contributed by atoms with Crippen molar-refractivity contribution in [2.75, 3.05) is 5.33 Å². The summed E-state index contributed by atoms with van der Waals surface area (Å²) in [5, 5.41) is 2.41. The fraction of sp³-hybridized carbons (Fsp3) is 0.786. The maximum absolute atomic E-state index is 4.70. The van der Waals surface area contributed by atoms with Gasteiger partial charge in [-0.05, 0) is 32.1 Å². The Morgan fingerprint density at radius 2 is 2.00 bits per heavy atom. The first-order valence-electron chi connectivity index (χ1n) is 6.55. The number of nitrogens with zero attached hydrogens (tertiary/aromatic N) is 1. The Kier molecular flexibility index (Phi) is 6.14. The van der Waals surface area contributed by atoms with Crippen LogP contribution in [0.15, 0.2) is 0 Å². The van der Waals surface area contributed by atoms with Gasteiger partial charge in [0.25, 0.3) is 0 Å². The van der Waals surface area contributed by atoms with Crippen molar-refractivity contribution in [1.29, 1.82) is 0 Å². The fourth-order valence-corrected chi connectivity index (χ4v) is 4.07. The summed E-state index contributed by atoms with van der Waals surface area (Å²) < 4.78 is 0. The van der Waals surface area contributed by atoms with Crippen molar-refractivity contribution in [3.8, 4) is 0 Å². The van der Waals surface area contributed by atoms with Crippen LogP contribution in [0.3, 0.4) is 0 Å². The maximum Gasteiger partial charge on any atom is 0.0936 e. The first kappa shape index (κ1) is 15.2. The minimum absolute atomic E-state index is 0.409. The topological polar surface area (TPSA) is 12.9 Å². The number of halogens is 1. The van der Waals surface area contributed by atoms with Gasteiger partial charge >= 0.3 is 0 Å². The number of hydrogen-bond donors (Lipinski definition) is 0. The molecule has 1 aromatic rings. The molecule has 1 unspecified atom stereocenters. The second-order valence-electron chi connectivity index (χ2n) is 5.02. The van der Waals surface area contributed by atoms with Crippen molar-refractivity contribution in [1.82, 2.24) is 4.98 Å². The summed E-state index contributed by atoms with van der Waals surface area (Å²) in [6, 6.07) is 0. The van der Waals surface area contributed by atoms with Gasteiger partial charge in [0.2, 0.25) is 0 Å². The minimum atomic E-state index is 0.409. The van der Waals surface area contributed by atoms with Gasteiger partial charge in [0.05, 0.1) is 10.7 Å². The molecule has 1 atom stereocenters. The Morgan fingerprint density at radius 3 is 2.41 bits per heavy atom. The molecule has 1 aromatic heterocycles. The zero-order valence-electron chi connectivity index (χ0n) is 11.5.